The van der Waals surface area contributed by atoms with Crippen LogP contribution in [-0.2, 0) is 9.53 Å². The van der Waals surface area contributed by atoms with Gasteiger partial charge >= 0.3 is 5.97 Å². The Labute approximate surface area is 147 Å². The summed E-state index contributed by atoms with van der Waals surface area (Å²) in [7, 11) is 0. The van der Waals surface area contributed by atoms with Crippen molar-refractivity contribution in [2.45, 2.75) is 32.4 Å². The zero-order valence-electron chi connectivity index (χ0n) is 13.2. The van der Waals surface area contributed by atoms with Crippen molar-refractivity contribution in [2.75, 3.05) is 24.2 Å². The molecule has 23 heavy (non-hydrogen) atoms. The molecule has 1 aliphatic heterocycles. The summed E-state index contributed by atoms with van der Waals surface area (Å²) in [6.07, 6.45) is 0.700. The lowest BCUT2D eigenvalue weighted by molar-refractivity contribution is -0.115. The summed E-state index contributed by atoms with van der Waals surface area (Å²) in [5, 5.41) is 3.01. The number of aromatic nitrogens is 1. The van der Waals surface area contributed by atoms with Crippen LogP contribution >= 0.6 is 34.9 Å². The fourth-order valence-corrected chi connectivity index (χ4v) is 4.87. The first-order valence-corrected chi connectivity index (χ1v) is 10.0. The Morgan fingerprint density at radius 3 is 2.83 bits per heavy atom. The number of carbonyl (C=O) groups excluding carboxylic acids is 2. The van der Waals surface area contributed by atoms with Gasteiger partial charge in [-0.2, -0.15) is 0 Å². The van der Waals surface area contributed by atoms with Gasteiger partial charge in [-0.15, -0.1) is 0 Å². The molecule has 1 atom stereocenters. The van der Waals surface area contributed by atoms with Crippen LogP contribution in [-0.4, -0.2) is 45.4 Å². The second kappa shape index (κ2) is 8.70. The molecule has 2 heterocycles. The van der Waals surface area contributed by atoms with Gasteiger partial charge in [-0.3, -0.25) is 9.79 Å². The lowest BCUT2D eigenvalue weighted by atomic mass is 10.3. The number of thioether (sulfide) groups is 2. The van der Waals surface area contributed by atoms with Crippen molar-refractivity contribution in [3.8, 4) is 0 Å². The Morgan fingerprint density at radius 1 is 1.43 bits per heavy atom. The van der Waals surface area contributed by atoms with E-state index in [-0.39, 0.29) is 11.2 Å². The third kappa shape index (κ3) is 4.95. The third-order valence-electron chi connectivity index (χ3n) is 2.95. The summed E-state index contributed by atoms with van der Waals surface area (Å²) in [6, 6.07) is 0. The van der Waals surface area contributed by atoms with E-state index in [1.807, 2.05) is 6.92 Å². The molecule has 1 N–H and O–H groups in total. The number of aliphatic imine (C=N–C) groups is 1. The SMILES string of the molecule is CCOC(=O)c1sc(NC(=O)C(CC)SC2=NCCS2)nc1C. The van der Waals surface area contributed by atoms with Crippen molar-refractivity contribution in [1.29, 1.82) is 0 Å². The number of amides is 1. The van der Waals surface area contributed by atoms with E-state index in [4.69, 9.17) is 4.74 Å². The number of nitrogens with zero attached hydrogens (tertiary/aromatic N) is 2. The Morgan fingerprint density at radius 2 is 2.22 bits per heavy atom. The molecule has 0 aliphatic carbocycles. The summed E-state index contributed by atoms with van der Waals surface area (Å²) in [4.78, 5) is 33.2. The van der Waals surface area contributed by atoms with Crippen LogP contribution in [0.2, 0.25) is 0 Å². The maximum atomic E-state index is 12.4. The maximum absolute atomic E-state index is 12.4. The van der Waals surface area contributed by atoms with Crippen LogP contribution in [0.4, 0.5) is 5.13 Å². The standard InChI is InChI=1S/C14H19N3O3S3/c1-4-9(22-14-15-6-7-21-14)11(18)17-13-16-8(3)10(23-13)12(19)20-5-2/h9H,4-7H2,1-3H3,(H,16,17,18). The number of ether oxygens (including phenoxy) is 1. The summed E-state index contributed by atoms with van der Waals surface area (Å²) < 4.78 is 5.95. The van der Waals surface area contributed by atoms with E-state index in [0.29, 0.717) is 28.7 Å². The highest BCUT2D eigenvalue weighted by Crippen LogP contribution is 2.29. The summed E-state index contributed by atoms with van der Waals surface area (Å²) in [5.74, 6) is 0.465. The summed E-state index contributed by atoms with van der Waals surface area (Å²) >= 11 is 4.32. The van der Waals surface area contributed by atoms with E-state index < -0.39 is 5.97 Å². The Balaban J connectivity index is 2.01. The monoisotopic (exact) mass is 373 g/mol. The molecule has 2 rings (SSSR count). The van der Waals surface area contributed by atoms with Gasteiger partial charge < -0.3 is 10.1 Å². The van der Waals surface area contributed by atoms with Crippen LogP contribution in [0.3, 0.4) is 0 Å². The number of thiazole rings is 1. The van der Waals surface area contributed by atoms with Gasteiger partial charge in [-0.05, 0) is 20.3 Å². The highest BCUT2D eigenvalue weighted by molar-refractivity contribution is 8.39. The number of hydrogen-bond acceptors (Lipinski definition) is 8. The molecule has 9 heteroatoms. The highest BCUT2D eigenvalue weighted by atomic mass is 32.2. The van der Waals surface area contributed by atoms with Crippen molar-refractivity contribution >= 4 is 56.2 Å². The first-order valence-electron chi connectivity index (χ1n) is 7.34. The Bertz CT molecular complexity index is 616. The second-order valence-corrected chi connectivity index (χ2v) is 8.19. The summed E-state index contributed by atoms with van der Waals surface area (Å²) in [6.45, 7) is 6.58. The molecule has 0 radical (unpaired) electrons. The van der Waals surface area contributed by atoms with Crippen LogP contribution < -0.4 is 5.32 Å². The predicted octanol–water partition coefficient (Wildman–Crippen LogP) is 3.18. The van der Waals surface area contributed by atoms with Crippen LogP contribution in [0.1, 0.15) is 35.6 Å². The molecule has 0 bridgehead atoms. The molecule has 1 amide bonds. The maximum Gasteiger partial charge on any atom is 0.350 e. The molecule has 0 saturated heterocycles. The van der Waals surface area contributed by atoms with Crippen LogP contribution in [0, 0.1) is 6.92 Å². The smallest absolute Gasteiger partial charge is 0.350 e. The minimum Gasteiger partial charge on any atom is -0.462 e. The average molecular weight is 374 g/mol. The van der Waals surface area contributed by atoms with E-state index in [0.717, 1.165) is 28.0 Å². The largest absolute Gasteiger partial charge is 0.462 e. The van der Waals surface area contributed by atoms with E-state index in [2.05, 4.69) is 15.3 Å². The highest BCUT2D eigenvalue weighted by Gasteiger charge is 2.24. The second-order valence-electron chi connectivity index (χ2n) is 4.65. The first-order chi connectivity index (χ1) is 11.0. The molecule has 126 valence electrons. The number of hydrogen-bond donors (Lipinski definition) is 1. The Kier molecular flexibility index (Phi) is 6.91. The molecule has 0 aromatic carbocycles. The lowest BCUT2D eigenvalue weighted by Gasteiger charge is -2.12. The average Bonchev–Trinajstić information content (AvgIpc) is 3.14. The molecule has 1 unspecified atom stereocenters. The number of carbonyl (C=O) groups is 2. The molecule has 1 aliphatic rings. The van der Waals surface area contributed by atoms with Crippen molar-refractivity contribution in [3.05, 3.63) is 10.6 Å². The Hall–Kier alpha value is -1.06. The minimum atomic E-state index is -0.402. The van der Waals surface area contributed by atoms with E-state index in [1.165, 1.54) is 11.8 Å². The number of rotatable bonds is 6. The molecule has 1 aromatic heterocycles. The number of esters is 1. The van der Waals surface area contributed by atoms with Crippen LogP contribution in [0.5, 0.6) is 0 Å². The van der Waals surface area contributed by atoms with Gasteiger partial charge in [-0.25, -0.2) is 9.78 Å². The molecular weight excluding hydrogens is 354 g/mol. The quantitative estimate of drug-likeness (QED) is 0.772. The molecule has 0 fully saturated rings. The van der Waals surface area contributed by atoms with E-state index in [1.54, 1.807) is 25.6 Å². The van der Waals surface area contributed by atoms with Crippen LogP contribution in [0.15, 0.2) is 4.99 Å². The van der Waals surface area contributed by atoms with Gasteiger partial charge in [0, 0.05) is 5.75 Å². The predicted molar refractivity (Wildman–Crippen MR) is 97.9 cm³/mol. The molecule has 0 saturated carbocycles. The zero-order chi connectivity index (χ0) is 16.8. The van der Waals surface area contributed by atoms with Crippen LogP contribution in [0.25, 0.3) is 0 Å². The third-order valence-corrected chi connectivity index (χ3v) is 6.57. The number of nitrogens with one attached hydrogen (secondary N) is 1. The topological polar surface area (TPSA) is 80.6 Å². The van der Waals surface area contributed by atoms with Gasteiger partial charge in [0.05, 0.1) is 24.1 Å². The van der Waals surface area contributed by atoms with Crippen molar-refractivity contribution in [3.63, 3.8) is 0 Å². The number of anilines is 1. The van der Waals surface area contributed by atoms with Gasteiger partial charge in [0.2, 0.25) is 5.91 Å². The van der Waals surface area contributed by atoms with E-state index >= 15 is 0 Å². The van der Waals surface area contributed by atoms with Crippen molar-refractivity contribution in [1.82, 2.24) is 4.98 Å². The minimum absolute atomic E-state index is 0.114. The van der Waals surface area contributed by atoms with Crippen molar-refractivity contribution in [2.24, 2.45) is 4.99 Å². The van der Waals surface area contributed by atoms with Crippen molar-refractivity contribution < 1.29 is 14.3 Å². The van der Waals surface area contributed by atoms with E-state index in [9.17, 15) is 9.59 Å². The molecule has 1 aromatic rings. The number of aryl methyl sites for hydroxylation is 1. The lowest BCUT2D eigenvalue weighted by Crippen LogP contribution is -2.25. The normalized spacial score (nSPS) is 15.2. The first kappa shape index (κ1) is 18.3. The van der Waals surface area contributed by atoms with Gasteiger partial charge in [0.15, 0.2) is 5.13 Å². The molecule has 6 nitrogen and oxygen atoms in total. The summed E-state index contributed by atoms with van der Waals surface area (Å²) in [5.41, 5.74) is 0.570. The van der Waals surface area contributed by atoms with Gasteiger partial charge in [-0.1, -0.05) is 41.8 Å². The van der Waals surface area contributed by atoms with Gasteiger partial charge in [0.1, 0.15) is 9.25 Å². The van der Waals surface area contributed by atoms with Gasteiger partial charge in [0.25, 0.3) is 0 Å². The fraction of sp³-hybridized carbons (Fsp3) is 0.571. The fourth-order valence-electron chi connectivity index (χ4n) is 1.85. The molecular formula is C14H19N3O3S3. The molecule has 0 spiro atoms. The zero-order valence-corrected chi connectivity index (χ0v) is 15.7.